The Morgan fingerprint density at radius 2 is 1.89 bits per heavy atom. The summed E-state index contributed by atoms with van der Waals surface area (Å²) in [6, 6.07) is 16.5. The zero-order valence-electron chi connectivity index (χ0n) is 16.0. The Bertz CT molecular complexity index is 690. The van der Waals surface area contributed by atoms with Crippen LogP contribution in [-0.2, 0) is 11.3 Å². The molecule has 2 aromatic carbocycles. The molecule has 0 bridgehead atoms. The van der Waals surface area contributed by atoms with Gasteiger partial charge in [-0.1, -0.05) is 30.3 Å². The molecule has 2 atom stereocenters. The van der Waals surface area contributed by atoms with Crippen LogP contribution in [0, 0.1) is 0 Å². The van der Waals surface area contributed by atoms with E-state index in [0.717, 1.165) is 43.0 Å². The number of para-hydroxylation sites is 1. The highest BCUT2D eigenvalue weighted by Gasteiger charge is 2.22. The van der Waals surface area contributed by atoms with E-state index < -0.39 is 0 Å². The van der Waals surface area contributed by atoms with E-state index in [1.165, 1.54) is 5.56 Å². The number of hydrogen-bond acceptors (Lipinski definition) is 5. The molecule has 1 aliphatic heterocycles. The van der Waals surface area contributed by atoms with Gasteiger partial charge in [-0.3, -0.25) is 0 Å². The van der Waals surface area contributed by atoms with Crippen molar-refractivity contribution >= 4 is 0 Å². The second kappa shape index (κ2) is 10.3. The zero-order valence-corrected chi connectivity index (χ0v) is 16.0. The predicted molar refractivity (Wildman–Crippen MR) is 107 cm³/mol. The van der Waals surface area contributed by atoms with Crippen molar-refractivity contribution in [3.63, 3.8) is 0 Å². The maximum Gasteiger partial charge on any atom is 0.124 e. The lowest BCUT2D eigenvalue weighted by atomic mass is 9.87. The van der Waals surface area contributed by atoms with Crippen LogP contribution in [0.25, 0.3) is 0 Å². The summed E-state index contributed by atoms with van der Waals surface area (Å²) in [6.45, 7) is 3.76. The van der Waals surface area contributed by atoms with E-state index in [-0.39, 0.29) is 6.04 Å². The molecule has 5 nitrogen and oxygen atoms in total. The molecule has 3 rings (SSSR count). The molecule has 1 heterocycles. The monoisotopic (exact) mass is 370 g/mol. The zero-order chi connectivity index (χ0) is 18.9. The maximum absolute atomic E-state index is 6.22. The van der Waals surface area contributed by atoms with Crippen molar-refractivity contribution < 1.29 is 14.2 Å². The molecule has 0 aromatic heterocycles. The highest BCUT2D eigenvalue weighted by Crippen LogP contribution is 2.26. The number of nitrogens with one attached hydrogen (secondary N) is 1. The van der Waals surface area contributed by atoms with Crippen LogP contribution in [0.3, 0.4) is 0 Å². The van der Waals surface area contributed by atoms with Crippen molar-refractivity contribution in [3.05, 3.63) is 59.7 Å². The predicted octanol–water partition coefficient (Wildman–Crippen LogP) is 3.09. The molecule has 146 valence electrons. The molecule has 27 heavy (non-hydrogen) atoms. The minimum Gasteiger partial charge on any atom is -0.496 e. The van der Waals surface area contributed by atoms with Crippen LogP contribution in [0.4, 0.5) is 0 Å². The molecule has 0 amide bonds. The van der Waals surface area contributed by atoms with E-state index in [2.05, 4.69) is 17.4 Å². The Morgan fingerprint density at radius 1 is 1.07 bits per heavy atom. The molecule has 0 aliphatic carbocycles. The van der Waals surface area contributed by atoms with Crippen LogP contribution < -0.4 is 20.5 Å². The van der Waals surface area contributed by atoms with Crippen molar-refractivity contribution in [1.29, 1.82) is 0 Å². The lowest BCUT2D eigenvalue weighted by Crippen LogP contribution is -2.44. The normalized spacial score (nSPS) is 19.6. The SMILES string of the molecule is COc1ccccc1COCCCOc1ccc(C2CCNCC2N)cc1. The second-order valence-corrected chi connectivity index (χ2v) is 6.90. The topological polar surface area (TPSA) is 65.7 Å². The molecular formula is C22H30N2O3. The second-order valence-electron chi connectivity index (χ2n) is 6.90. The van der Waals surface area contributed by atoms with Gasteiger partial charge in [-0.05, 0) is 36.7 Å². The van der Waals surface area contributed by atoms with Crippen molar-refractivity contribution in [3.8, 4) is 11.5 Å². The Balaban J connectivity index is 1.35. The lowest BCUT2D eigenvalue weighted by Gasteiger charge is -2.29. The quantitative estimate of drug-likeness (QED) is 0.664. The molecule has 1 fully saturated rings. The number of nitrogens with two attached hydrogens (primary N) is 1. The summed E-state index contributed by atoms with van der Waals surface area (Å²) in [4.78, 5) is 0. The third kappa shape index (κ3) is 5.70. The van der Waals surface area contributed by atoms with E-state index in [0.29, 0.717) is 25.7 Å². The van der Waals surface area contributed by atoms with Crippen LogP contribution in [-0.4, -0.2) is 39.5 Å². The smallest absolute Gasteiger partial charge is 0.124 e. The van der Waals surface area contributed by atoms with Gasteiger partial charge in [0.2, 0.25) is 0 Å². The third-order valence-corrected chi connectivity index (χ3v) is 4.99. The van der Waals surface area contributed by atoms with Crippen molar-refractivity contribution in [2.24, 2.45) is 5.73 Å². The first-order valence-corrected chi connectivity index (χ1v) is 9.66. The number of hydrogen-bond donors (Lipinski definition) is 2. The molecule has 2 aromatic rings. The van der Waals surface area contributed by atoms with Crippen LogP contribution in [0.1, 0.15) is 29.9 Å². The minimum absolute atomic E-state index is 0.186. The fourth-order valence-corrected chi connectivity index (χ4v) is 3.46. The lowest BCUT2D eigenvalue weighted by molar-refractivity contribution is 0.105. The van der Waals surface area contributed by atoms with E-state index in [1.807, 2.05) is 36.4 Å². The van der Waals surface area contributed by atoms with Gasteiger partial charge in [-0.25, -0.2) is 0 Å². The molecule has 2 unspecified atom stereocenters. The fraction of sp³-hybridized carbons (Fsp3) is 0.455. The Hall–Kier alpha value is -2.08. The molecule has 1 aliphatic rings. The van der Waals surface area contributed by atoms with E-state index in [9.17, 15) is 0 Å². The van der Waals surface area contributed by atoms with Crippen molar-refractivity contribution in [2.75, 3.05) is 33.4 Å². The third-order valence-electron chi connectivity index (χ3n) is 4.99. The molecule has 5 heteroatoms. The van der Waals surface area contributed by atoms with Crippen LogP contribution in [0.5, 0.6) is 11.5 Å². The van der Waals surface area contributed by atoms with Gasteiger partial charge in [0.25, 0.3) is 0 Å². The van der Waals surface area contributed by atoms with E-state index in [4.69, 9.17) is 19.9 Å². The Morgan fingerprint density at radius 3 is 2.67 bits per heavy atom. The first kappa shape index (κ1) is 19.7. The number of rotatable bonds is 9. The number of benzene rings is 2. The summed E-state index contributed by atoms with van der Waals surface area (Å²) in [7, 11) is 1.68. The van der Waals surface area contributed by atoms with Crippen LogP contribution >= 0.6 is 0 Å². The summed E-state index contributed by atoms with van der Waals surface area (Å²) in [5.74, 6) is 2.19. The highest BCUT2D eigenvalue weighted by atomic mass is 16.5. The summed E-state index contributed by atoms with van der Waals surface area (Å²) >= 11 is 0. The first-order valence-electron chi connectivity index (χ1n) is 9.66. The summed E-state index contributed by atoms with van der Waals surface area (Å²) < 4.78 is 16.9. The molecule has 3 N–H and O–H groups in total. The van der Waals surface area contributed by atoms with Gasteiger partial charge >= 0.3 is 0 Å². The summed E-state index contributed by atoms with van der Waals surface area (Å²) in [5.41, 5.74) is 8.59. The average Bonchev–Trinajstić information content (AvgIpc) is 2.72. The minimum atomic E-state index is 0.186. The largest absolute Gasteiger partial charge is 0.496 e. The number of piperidine rings is 1. The van der Waals surface area contributed by atoms with Crippen molar-refractivity contribution in [1.82, 2.24) is 5.32 Å². The number of ether oxygens (including phenoxy) is 3. The molecule has 1 saturated heterocycles. The molecule has 0 radical (unpaired) electrons. The van der Waals surface area contributed by atoms with Gasteiger partial charge in [0, 0.05) is 30.5 Å². The molecular weight excluding hydrogens is 340 g/mol. The summed E-state index contributed by atoms with van der Waals surface area (Å²) in [5, 5.41) is 3.34. The van der Waals surface area contributed by atoms with Crippen molar-refractivity contribution in [2.45, 2.75) is 31.4 Å². The van der Waals surface area contributed by atoms with Crippen LogP contribution in [0.2, 0.25) is 0 Å². The number of methoxy groups -OCH3 is 1. The van der Waals surface area contributed by atoms with Gasteiger partial charge in [0.1, 0.15) is 11.5 Å². The van der Waals surface area contributed by atoms with Crippen LogP contribution in [0.15, 0.2) is 48.5 Å². The van der Waals surface area contributed by atoms with Gasteiger partial charge in [-0.2, -0.15) is 0 Å². The van der Waals surface area contributed by atoms with E-state index in [1.54, 1.807) is 7.11 Å². The fourth-order valence-electron chi connectivity index (χ4n) is 3.46. The average molecular weight is 370 g/mol. The summed E-state index contributed by atoms with van der Waals surface area (Å²) in [6.07, 6.45) is 1.93. The van der Waals surface area contributed by atoms with Gasteiger partial charge in [-0.15, -0.1) is 0 Å². The molecule has 0 saturated carbocycles. The van der Waals surface area contributed by atoms with Gasteiger partial charge in [0.15, 0.2) is 0 Å². The molecule has 0 spiro atoms. The van der Waals surface area contributed by atoms with E-state index >= 15 is 0 Å². The Kier molecular flexibility index (Phi) is 7.51. The maximum atomic E-state index is 6.22. The van der Waals surface area contributed by atoms with Gasteiger partial charge in [0.05, 0.1) is 26.9 Å². The Labute approximate surface area is 161 Å². The first-order chi connectivity index (χ1) is 13.3. The standard InChI is InChI=1S/C22H30N2O3/c1-25-22-6-3-2-5-18(22)16-26-13-4-14-27-19-9-7-17(8-10-19)20-11-12-24-15-21(20)23/h2-3,5-10,20-21,24H,4,11-16,23H2,1H3. The highest BCUT2D eigenvalue weighted by molar-refractivity contribution is 5.32. The van der Waals surface area contributed by atoms with Gasteiger partial charge < -0.3 is 25.3 Å².